The Labute approximate surface area is 131 Å². The van der Waals surface area contributed by atoms with Crippen molar-refractivity contribution in [2.45, 2.75) is 12.8 Å². The Bertz CT molecular complexity index is 479. The molecule has 1 saturated carbocycles. The molecule has 0 bridgehead atoms. The van der Waals surface area contributed by atoms with Crippen LogP contribution in [-0.2, 0) is 4.79 Å². The number of nitrogens with one attached hydrogen (secondary N) is 1. The zero-order valence-electron chi connectivity index (χ0n) is 12.2. The number of benzene rings is 1. The van der Waals surface area contributed by atoms with E-state index in [4.69, 9.17) is 11.6 Å². The van der Waals surface area contributed by atoms with Crippen molar-refractivity contribution in [2.24, 2.45) is 5.92 Å². The van der Waals surface area contributed by atoms with Gasteiger partial charge in [-0.1, -0.05) is 11.6 Å². The lowest BCUT2D eigenvalue weighted by molar-refractivity contribution is -0.122. The predicted molar refractivity (Wildman–Crippen MR) is 85.8 cm³/mol. The van der Waals surface area contributed by atoms with Crippen LogP contribution in [0.25, 0.3) is 0 Å². The fourth-order valence-electron chi connectivity index (χ4n) is 2.71. The summed E-state index contributed by atoms with van der Waals surface area (Å²) in [7, 11) is 0. The minimum atomic E-state index is 0.245. The quantitative estimate of drug-likeness (QED) is 0.903. The van der Waals surface area contributed by atoms with E-state index < -0.39 is 0 Å². The highest BCUT2D eigenvalue weighted by Crippen LogP contribution is 2.28. The fraction of sp³-hybridized carbons (Fsp3) is 0.562. The van der Waals surface area contributed by atoms with Crippen molar-refractivity contribution in [3.8, 4) is 0 Å². The van der Waals surface area contributed by atoms with Crippen molar-refractivity contribution in [1.29, 1.82) is 0 Å². The van der Waals surface area contributed by atoms with Crippen molar-refractivity contribution in [2.75, 3.05) is 44.2 Å². The lowest BCUT2D eigenvalue weighted by Gasteiger charge is -2.36. The molecule has 1 N–H and O–H groups in total. The molecule has 0 spiro atoms. The highest BCUT2D eigenvalue weighted by atomic mass is 35.5. The molecule has 1 aromatic rings. The summed E-state index contributed by atoms with van der Waals surface area (Å²) in [5.41, 5.74) is 1.24. The van der Waals surface area contributed by atoms with Crippen LogP contribution in [-0.4, -0.2) is 50.1 Å². The van der Waals surface area contributed by atoms with Crippen LogP contribution in [0, 0.1) is 5.92 Å². The van der Waals surface area contributed by atoms with Crippen LogP contribution in [0.5, 0.6) is 0 Å². The van der Waals surface area contributed by atoms with E-state index in [1.165, 1.54) is 5.69 Å². The Morgan fingerprint density at radius 3 is 2.43 bits per heavy atom. The van der Waals surface area contributed by atoms with Gasteiger partial charge in [-0.15, -0.1) is 0 Å². The Kier molecular flexibility index (Phi) is 4.66. The van der Waals surface area contributed by atoms with Crippen LogP contribution in [0.2, 0.25) is 5.02 Å². The molecule has 1 heterocycles. The van der Waals surface area contributed by atoms with E-state index in [2.05, 4.69) is 27.2 Å². The van der Waals surface area contributed by atoms with Crippen LogP contribution >= 0.6 is 11.6 Å². The van der Waals surface area contributed by atoms with Gasteiger partial charge in [-0.3, -0.25) is 9.69 Å². The lowest BCUT2D eigenvalue weighted by atomic mass is 10.2. The van der Waals surface area contributed by atoms with Crippen LogP contribution in [0.1, 0.15) is 12.8 Å². The molecule has 0 atom stereocenters. The number of carbonyl (C=O) groups excluding carboxylic acids is 1. The van der Waals surface area contributed by atoms with E-state index in [0.29, 0.717) is 5.92 Å². The van der Waals surface area contributed by atoms with Crippen LogP contribution in [0.3, 0.4) is 0 Å². The van der Waals surface area contributed by atoms with Gasteiger partial charge in [0.25, 0.3) is 0 Å². The van der Waals surface area contributed by atoms with Gasteiger partial charge in [0.2, 0.25) is 5.91 Å². The SMILES string of the molecule is O=C(NCCN1CCN(c2ccc(Cl)cc2)CC1)C1CC1. The van der Waals surface area contributed by atoms with E-state index in [-0.39, 0.29) is 5.91 Å². The molecular formula is C16H22ClN3O. The third-order valence-electron chi connectivity index (χ3n) is 4.24. The highest BCUT2D eigenvalue weighted by Gasteiger charge is 2.29. The number of carbonyl (C=O) groups is 1. The normalized spacial score (nSPS) is 19.6. The molecule has 1 aliphatic carbocycles. The summed E-state index contributed by atoms with van der Waals surface area (Å²) in [4.78, 5) is 16.4. The van der Waals surface area contributed by atoms with Gasteiger partial charge in [0, 0.05) is 55.9 Å². The molecule has 114 valence electrons. The summed E-state index contributed by atoms with van der Waals surface area (Å²) in [6.07, 6.45) is 2.15. The van der Waals surface area contributed by atoms with Gasteiger partial charge >= 0.3 is 0 Å². The predicted octanol–water partition coefficient (Wildman–Crippen LogP) is 1.99. The topological polar surface area (TPSA) is 35.6 Å². The standard InChI is InChI=1S/C16H22ClN3O/c17-14-3-5-15(6-4-14)20-11-9-19(10-12-20)8-7-18-16(21)13-1-2-13/h3-6,13H,1-2,7-12H2,(H,18,21). The Hall–Kier alpha value is -1.26. The number of piperazine rings is 1. The second-order valence-corrected chi connectivity index (χ2v) is 6.31. The summed E-state index contributed by atoms with van der Waals surface area (Å²) in [5.74, 6) is 0.557. The van der Waals surface area contributed by atoms with Gasteiger partial charge in [-0.05, 0) is 37.1 Å². The maximum Gasteiger partial charge on any atom is 0.223 e. The third kappa shape index (κ3) is 4.11. The molecule has 2 fully saturated rings. The monoisotopic (exact) mass is 307 g/mol. The minimum Gasteiger partial charge on any atom is -0.369 e. The van der Waals surface area contributed by atoms with Crippen molar-refractivity contribution < 1.29 is 4.79 Å². The maximum atomic E-state index is 11.6. The van der Waals surface area contributed by atoms with E-state index >= 15 is 0 Å². The second kappa shape index (κ2) is 6.67. The van der Waals surface area contributed by atoms with Gasteiger partial charge < -0.3 is 10.2 Å². The number of anilines is 1. The first-order chi connectivity index (χ1) is 10.2. The van der Waals surface area contributed by atoms with Gasteiger partial charge in [0.1, 0.15) is 0 Å². The lowest BCUT2D eigenvalue weighted by Crippen LogP contribution is -2.48. The minimum absolute atomic E-state index is 0.245. The zero-order chi connectivity index (χ0) is 14.7. The molecule has 0 aromatic heterocycles. The molecule has 1 aliphatic heterocycles. The fourth-order valence-corrected chi connectivity index (χ4v) is 2.83. The Balaban J connectivity index is 1.38. The van der Waals surface area contributed by atoms with E-state index in [1.54, 1.807) is 0 Å². The molecule has 1 saturated heterocycles. The number of halogens is 1. The molecular weight excluding hydrogens is 286 g/mol. The van der Waals surface area contributed by atoms with Gasteiger partial charge in [-0.2, -0.15) is 0 Å². The van der Waals surface area contributed by atoms with E-state index in [9.17, 15) is 4.79 Å². The Morgan fingerprint density at radius 2 is 1.81 bits per heavy atom. The first-order valence-electron chi connectivity index (χ1n) is 7.73. The summed E-state index contributed by atoms with van der Waals surface area (Å²) in [6.45, 7) is 5.86. The molecule has 0 radical (unpaired) electrons. The average Bonchev–Trinajstić information content (AvgIpc) is 3.33. The average molecular weight is 308 g/mol. The maximum absolute atomic E-state index is 11.6. The number of amides is 1. The number of rotatable bonds is 5. The molecule has 1 aromatic carbocycles. The van der Waals surface area contributed by atoms with Crippen molar-refractivity contribution >= 4 is 23.2 Å². The van der Waals surface area contributed by atoms with Crippen LogP contribution in [0.15, 0.2) is 24.3 Å². The smallest absolute Gasteiger partial charge is 0.223 e. The Morgan fingerprint density at radius 1 is 1.14 bits per heavy atom. The van der Waals surface area contributed by atoms with Gasteiger partial charge in [0.05, 0.1) is 0 Å². The van der Waals surface area contributed by atoms with Crippen molar-refractivity contribution in [3.05, 3.63) is 29.3 Å². The van der Waals surface area contributed by atoms with Crippen molar-refractivity contribution in [1.82, 2.24) is 10.2 Å². The van der Waals surface area contributed by atoms with E-state index in [1.807, 2.05) is 12.1 Å². The molecule has 21 heavy (non-hydrogen) atoms. The van der Waals surface area contributed by atoms with Crippen LogP contribution < -0.4 is 10.2 Å². The molecule has 3 rings (SSSR count). The molecule has 0 unspecified atom stereocenters. The molecule has 5 heteroatoms. The largest absolute Gasteiger partial charge is 0.369 e. The van der Waals surface area contributed by atoms with E-state index in [0.717, 1.165) is 57.1 Å². The number of hydrogen-bond donors (Lipinski definition) is 1. The summed E-state index contributed by atoms with van der Waals surface area (Å²) in [5, 5.41) is 3.81. The summed E-state index contributed by atoms with van der Waals surface area (Å²) in [6, 6.07) is 8.04. The van der Waals surface area contributed by atoms with Crippen LogP contribution in [0.4, 0.5) is 5.69 Å². The summed E-state index contributed by atoms with van der Waals surface area (Å²) < 4.78 is 0. The zero-order valence-corrected chi connectivity index (χ0v) is 13.0. The molecule has 2 aliphatic rings. The third-order valence-corrected chi connectivity index (χ3v) is 4.49. The summed E-state index contributed by atoms with van der Waals surface area (Å²) >= 11 is 5.92. The molecule has 1 amide bonds. The van der Waals surface area contributed by atoms with Gasteiger partial charge in [-0.25, -0.2) is 0 Å². The first-order valence-corrected chi connectivity index (χ1v) is 8.11. The number of hydrogen-bond acceptors (Lipinski definition) is 3. The highest BCUT2D eigenvalue weighted by molar-refractivity contribution is 6.30. The second-order valence-electron chi connectivity index (χ2n) is 5.87. The van der Waals surface area contributed by atoms with Crippen molar-refractivity contribution in [3.63, 3.8) is 0 Å². The first kappa shape index (κ1) is 14.7. The van der Waals surface area contributed by atoms with Gasteiger partial charge in [0.15, 0.2) is 0 Å². The number of nitrogens with zero attached hydrogens (tertiary/aromatic N) is 2. The molecule has 4 nitrogen and oxygen atoms in total.